The van der Waals surface area contributed by atoms with E-state index in [2.05, 4.69) is 19.2 Å². The van der Waals surface area contributed by atoms with Gasteiger partial charge in [-0.05, 0) is 45.4 Å². The standard InChI is InChI=1S/C13H24N2O2/c1-13(2)8-10(5-6-17-13)15-12(16)7-11(14)9-3-4-9/h9-11H,3-8,14H2,1-2H3,(H,15,16). The number of hydrogen-bond donors (Lipinski definition) is 2. The summed E-state index contributed by atoms with van der Waals surface area (Å²) in [7, 11) is 0. The van der Waals surface area contributed by atoms with Crippen LogP contribution in [0.2, 0.25) is 0 Å². The summed E-state index contributed by atoms with van der Waals surface area (Å²) in [5, 5.41) is 3.09. The van der Waals surface area contributed by atoms with Crippen molar-refractivity contribution in [1.82, 2.24) is 5.32 Å². The van der Waals surface area contributed by atoms with Crippen LogP contribution in [0.1, 0.15) is 46.0 Å². The highest BCUT2D eigenvalue weighted by atomic mass is 16.5. The smallest absolute Gasteiger partial charge is 0.221 e. The summed E-state index contributed by atoms with van der Waals surface area (Å²) >= 11 is 0. The van der Waals surface area contributed by atoms with Gasteiger partial charge in [-0.15, -0.1) is 0 Å². The van der Waals surface area contributed by atoms with Gasteiger partial charge in [0.05, 0.1) is 5.60 Å². The van der Waals surface area contributed by atoms with E-state index >= 15 is 0 Å². The quantitative estimate of drug-likeness (QED) is 0.775. The minimum atomic E-state index is -0.116. The number of hydrogen-bond acceptors (Lipinski definition) is 3. The summed E-state index contributed by atoms with van der Waals surface area (Å²) in [6, 6.07) is 0.306. The van der Waals surface area contributed by atoms with Crippen molar-refractivity contribution in [1.29, 1.82) is 0 Å². The van der Waals surface area contributed by atoms with Gasteiger partial charge in [-0.2, -0.15) is 0 Å². The van der Waals surface area contributed by atoms with Crippen molar-refractivity contribution in [3.8, 4) is 0 Å². The molecule has 2 fully saturated rings. The summed E-state index contributed by atoms with van der Waals surface area (Å²) < 4.78 is 5.63. The average molecular weight is 240 g/mol. The summed E-state index contributed by atoms with van der Waals surface area (Å²) in [5.41, 5.74) is 5.84. The Morgan fingerprint density at radius 1 is 1.47 bits per heavy atom. The van der Waals surface area contributed by atoms with Crippen molar-refractivity contribution in [2.45, 2.75) is 63.6 Å². The van der Waals surface area contributed by atoms with E-state index < -0.39 is 0 Å². The van der Waals surface area contributed by atoms with Gasteiger partial charge in [-0.3, -0.25) is 4.79 Å². The second-order valence-corrected chi connectivity index (χ2v) is 6.07. The lowest BCUT2D eigenvalue weighted by atomic mass is 9.93. The fourth-order valence-electron chi connectivity index (χ4n) is 2.55. The average Bonchev–Trinajstić information content (AvgIpc) is 2.97. The van der Waals surface area contributed by atoms with E-state index in [1.54, 1.807) is 0 Å². The van der Waals surface area contributed by atoms with Gasteiger partial charge in [-0.1, -0.05) is 0 Å². The molecule has 0 aromatic rings. The molecule has 1 aliphatic carbocycles. The van der Waals surface area contributed by atoms with Gasteiger partial charge in [0.1, 0.15) is 0 Å². The largest absolute Gasteiger partial charge is 0.375 e. The first-order chi connectivity index (χ1) is 7.96. The van der Waals surface area contributed by atoms with Crippen LogP contribution in [0.25, 0.3) is 0 Å². The molecule has 1 saturated heterocycles. The first kappa shape index (κ1) is 12.8. The molecule has 3 N–H and O–H groups in total. The molecule has 2 atom stereocenters. The molecular formula is C13H24N2O2. The molecule has 1 amide bonds. The third-order valence-corrected chi connectivity index (χ3v) is 3.71. The molecule has 0 radical (unpaired) electrons. The van der Waals surface area contributed by atoms with Gasteiger partial charge in [0, 0.05) is 25.1 Å². The Balaban J connectivity index is 1.73. The van der Waals surface area contributed by atoms with Crippen LogP contribution in [0.3, 0.4) is 0 Å². The molecule has 0 aromatic carbocycles. The minimum absolute atomic E-state index is 0.0582. The molecule has 4 nitrogen and oxygen atoms in total. The molecule has 0 spiro atoms. The van der Waals surface area contributed by atoms with Gasteiger partial charge in [0.25, 0.3) is 0 Å². The molecular weight excluding hydrogens is 216 g/mol. The topological polar surface area (TPSA) is 64.4 Å². The number of carbonyl (C=O) groups excluding carboxylic acids is 1. The normalized spacial score (nSPS) is 29.7. The number of amides is 1. The number of carbonyl (C=O) groups is 1. The SMILES string of the molecule is CC1(C)CC(NC(=O)CC(N)C2CC2)CCO1. The molecule has 0 aromatic heterocycles. The van der Waals surface area contributed by atoms with Crippen LogP contribution >= 0.6 is 0 Å². The molecule has 2 unspecified atom stereocenters. The lowest BCUT2D eigenvalue weighted by Crippen LogP contribution is -2.47. The van der Waals surface area contributed by atoms with Gasteiger partial charge < -0.3 is 15.8 Å². The monoisotopic (exact) mass is 240 g/mol. The van der Waals surface area contributed by atoms with Crippen LogP contribution in [0, 0.1) is 5.92 Å². The van der Waals surface area contributed by atoms with Crippen LogP contribution in [0.15, 0.2) is 0 Å². The second kappa shape index (κ2) is 4.94. The third-order valence-electron chi connectivity index (χ3n) is 3.71. The Morgan fingerprint density at radius 3 is 2.76 bits per heavy atom. The number of rotatable bonds is 4. The van der Waals surface area contributed by atoms with Gasteiger partial charge in [0.2, 0.25) is 5.91 Å². The molecule has 1 saturated carbocycles. The number of nitrogens with two attached hydrogens (primary N) is 1. The maximum absolute atomic E-state index is 11.8. The summed E-state index contributed by atoms with van der Waals surface area (Å²) in [6.07, 6.45) is 4.66. The van der Waals surface area contributed by atoms with E-state index in [1.807, 2.05) is 0 Å². The maximum atomic E-state index is 11.8. The van der Waals surface area contributed by atoms with Crippen molar-refractivity contribution < 1.29 is 9.53 Å². The van der Waals surface area contributed by atoms with Crippen molar-refractivity contribution >= 4 is 5.91 Å². The summed E-state index contributed by atoms with van der Waals surface area (Å²) in [5.74, 6) is 0.694. The van der Waals surface area contributed by atoms with E-state index in [-0.39, 0.29) is 23.6 Å². The summed E-state index contributed by atoms with van der Waals surface area (Å²) in [4.78, 5) is 11.8. The van der Waals surface area contributed by atoms with Gasteiger partial charge in [-0.25, -0.2) is 0 Å². The zero-order valence-electron chi connectivity index (χ0n) is 10.9. The molecule has 1 aliphatic heterocycles. The van der Waals surface area contributed by atoms with E-state index in [4.69, 9.17) is 10.5 Å². The minimum Gasteiger partial charge on any atom is -0.375 e. The Labute approximate surface area is 103 Å². The predicted molar refractivity (Wildman–Crippen MR) is 66.5 cm³/mol. The molecule has 0 bridgehead atoms. The van der Waals surface area contributed by atoms with E-state index in [0.717, 1.165) is 19.4 Å². The Hall–Kier alpha value is -0.610. The Kier molecular flexibility index (Phi) is 3.73. The van der Waals surface area contributed by atoms with Crippen LogP contribution in [-0.4, -0.2) is 30.2 Å². The Morgan fingerprint density at radius 2 is 2.18 bits per heavy atom. The zero-order valence-corrected chi connectivity index (χ0v) is 10.9. The van der Waals surface area contributed by atoms with Crippen molar-refractivity contribution in [3.05, 3.63) is 0 Å². The lowest BCUT2D eigenvalue weighted by Gasteiger charge is -2.35. The van der Waals surface area contributed by atoms with Crippen molar-refractivity contribution in [3.63, 3.8) is 0 Å². The second-order valence-electron chi connectivity index (χ2n) is 6.07. The molecule has 4 heteroatoms. The maximum Gasteiger partial charge on any atom is 0.221 e. The van der Waals surface area contributed by atoms with Gasteiger partial charge in [0.15, 0.2) is 0 Å². The number of nitrogens with one attached hydrogen (secondary N) is 1. The van der Waals surface area contributed by atoms with Crippen LogP contribution in [-0.2, 0) is 9.53 Å². The highest BCUT2D eigenvalue weighted by Crippen LogP contribution is 2.32. The number of ether oxygens (including phenoxy) is 1. The first-order valence-electron chi connectivity index (χ1n) is 6.65. The Bertz CT molecular complexity index is 287. The third kappa shape index (κ3) is 3.96. The fraction of sp³-hybridized carbons (Fsp3) is 0.923. The molecule has 98 valence electrons. The van der Waals surface area contributed by atoms with Crippen LogP contribution < -0.4 is 11.1 Å². The molecule has 17 heavy (non-hydrogen) atoms. The molecule has 1 heterocycles. The van der Waals surface area contributed by atoms with Crippen LogP contribution in [0.4, 0.5) is 0 Å². The van der Waals surface area contributed by atoms with Crippen LogP contribution in [0.5, 0.6) is 0 Å². The highest BCUT2D eigenvalue weighted by Gasteiger charge is 2.32. The predicted octanol–water partition coefficient (Wildman–Crippen LogP) is 1.19. The van der Waals surface area contributed by atoms with Gasteiger partial charge >= 0.3 is 0 Å². The first-order valence-corrected chi connectivity index (χ1v) is 6.65. The zero-order chi connectivity index (χ0) is 12.5. The van der Waals surface area contributed by atoms with E-state index in [0.29, 0.717) is 12.3 Å². The lowest BCUT2D eigenvalue weighted by molar-refractivity contribution is -0.124. The molecule has 2 rings (SSSR count). The molecule has 2 aliphatic rings. The fourth-order valence-corrected chi connectivity index (χ4v) is 2.55. The van der Waals surface area contributed by atoms with E-state index in [1.165, 1.54) is 12.8 Å². The van der Waals surface area contributed by atoms with Crippen molar-refractivity contribution in [2.24, 2.45) is 11.7 Å². The van der Waals surface area contributed by atoms with Crippen molar-refractivity contribution in [2.75, 3.05) is 6.61 Å². The highest BCUT2D eigenvalue weighted by molar-refractivity contribution is 5.77. The van der Waals surface area contributed by atoms with E-state index in [9.17, 15) is 4.79 Å². The summed E-state index contributed by atoms with van der Waals surface area (Å²) in [6.45, 7) is 4.87.